The number of carbonyl (C=O) groups excluding carboxylic acids is 2. The van der Waals surface area contributed by atoms with Gasteiger partial charge < -0.3 is 48.5 Å². The van der Waals surface area contributed by atoms with E-state index in [-0.39, 0.29) is 41.8 Å². The molecule has 0 saturated carbocycles. The topological polar surface area (TPSA) is 142 Å². The van der Waals surface area contributed by atoms with Crippen molar-refractivity contribution in [3.63, 3.8) is 0 Å². The number of oxazole rings is 2. The van der Waals surface area contributed by atoms with Crippen LogP contribution in [-0.2, 0) is 16.1 Å². The van der Waals surface area contributed by atoms with Crippen molar-refractivity contribution in [2.24, 2.45) is 0 Å². The number of fused-ring (bicyclic) bond motifs is 2. The molecule has 2 atom stereocenters. The highest BCUT2D eigenvalue weighted by atomic mass is 19.1. The average molecular weight is 817 g/mol. The van der Waals surface area contributed by atoms with Crippen LogP contribution in [0.1, 0.15) is 96.7 Å². The second-order valence-electron chi connectivity index (χ2n) is 16.0. The Bertz CT molecular complexity index is 2080. The summed E-state index contributed by atoms with van der Waals surface area (Å²) in [5.74, 6) is -0.948. The van der Waals surface area contributed by atoms with E-state index in [1.54, 1.807) is 38.3 Å². The molecule has 2 bridgehead atoms. The SMILES string of the molecule is COCc1nc(N2CCCC2)oc1C(=O)Nc1ccc(N2CCCCC2)c(F)c1.Cc1oc(N2C3CCC2COC3)nc1C(=O)Nc1ccc(N2CCCCC2)c(F)c1. The predicted octanol–water partition coefficient (Wildman–Crippen LogP) is 7.54. The Labute approximate surface area is 343 Å². The molecule has 14 nitrogen and oxygen atoms in total. The number of hydrogen-bond acceptors (Lipinski definition) is 12. The average Bonchev–Trinajstić information content (AvgIpc) is 4.05. The van der Waals surface area contributed by atoms with Crippen LogP contribution in [0.15, 0.2) is 45.2 Å². The Hall–Kier alpha value is -5.22. The van der Waals surface area contributed by atoms with Crippen molar-refractivity contribution in [3.8, 4) is 0 Å². The van der Waals surface area contributed by atoms with Crippen molar-refractivity contribution in [2.45, 2.75) is 89.8 Å². The number of morpholine rings is 1. The zero-order valence-corrected chi connectivity index (χ0v) is 33.9. The Morgan fingerprint density at radius 2 is 1.24 bits per heavy atom. The van der Waals surface area contributed by atoms with Gasteiger partial charge in [-0.3, -0.25) is 9.59 Å². The number of benzene rings is 2. The molecule has 5 aliphatic rings. The molecule has 0 aliphatic carbocycles. The third-order valence-electron chi connectivity index (χ3n) is 11.8. The second kappa shape index (κ2) is 18.4. The lowest BCUT2D eigenvalue weighted by Crippen LogP contribution is -2.46. The van der Waals surface area contributed by atoms with Gasteiger partial charge in [-0.2, -0.15) is 9.97 Å². The van der Waals surface area contributed by atoms with Gasteiger partial charge in [-0.15, -0.1) is 0 Å². The standard InChI is InChI=1S/C22H27FN4O3.C21H27FN4O3/c1-14-20(25-22(30-14)27-16-6-7-17(27)13-29-12-16)21(28)24-15-5-8-19(18(23)11-15)26-9-3-2-4-10-26;1-28-14-17-19(29-21(24-17)26-11-5-6-12-26)20(27)23-15-7-8-18(16(22)13-15)25-9-3-2-4-10-25/h5,8,11,16-17H,2-4,6-7,9-10,12-13H2,1H3,(H,24,28);7-8,13H,2-6,9-12,14H2,1H3,(H,23,27). The van der Waals surface area contributed by atoms with Crippen LogP contribution < -0.4 is 30.2 Å². The first-order valence-corrected chi connectivity index (χ1v) is 21.0. The molecule has 5 saturated heterocycles. The molecule has 316 valence electrons. The summed E-state index contributed by atoms with van der Waals surface area (Å²) in [5, 5.41) is 5.49. The molecule has 2 N–H and O–H groups in total. The van der Waals surface area contributed by atoms with Gasteiger partial charge in [0.05, 0.1) is 43.3 Å². The summed E-state index contributed by atoms with van der Waals surface area (Å²) >= 11 is 0. The van der Waals surface area contributed by atoms with E-state index >= 15 is 0 Å². The highest BCUT2D eigenvalue weighted by Crippen LogP contribution is 2.35. The monoisotopic (exact) mass is 816 g/mol. The van der Waals surface area contributed by atoms with Crippen LogP contribution in [0.2, 0.25) is 0 Å². The number of carbonyl (C=O) groups is 2. The number of amides is 2. The molecule has 4 aromatic rings. The van der Waals surface area contributed by atoms with Gasteiger partial charge in [0.2, 0.25) is 5.76 Å². The molecule has 0 spiro atoms. The maximum Gasteiger partial charge on any atom is 0.298 e. The third-order valence-corrected chi connectivity index (χ3v) is 11.8. The highest BCUT2D eigenvalue weighted by Gasteiger charge is 2.40. The normalized spacial score (nSPS) is 20.4. The van der Waals surface area contributed by atoms with Crippen LogP contribution in [0.5, 0.6) is 0 Å². The minimum Gasteiger partial charge on any atom is -0.428 e. The van der Waals surface area contributed by atoms with Gasteiger partial charge in [0.15, 0.2) is 5.69 Å². The van der Waals surface area contributed by atoms with Gasteiger partial charge in [-0.25, -0.2) is 8.78 Å². The first-order chi connectivity index (χ1) is 28.7. The van der Waals surface area contributed by atoms with Gasteiger partial charge in [0.25, 0.3) is 23.8 Å². The second-order valence-corrected chi connectivity index (χ2v) is 16.0. The lowest BCUT2D eigenvalue weighted by Gasteiger charge is -2.33. The van der Waals surface area contributed by atoms with E-state index in [1.165, 1.54) is 25.0 Å². The number of nitrogens with one attached hydrogen (secondary N) is 2. The Kier molecular flexibility index (Phi) is 12.6. The summed E-state index contributed by atoms with van der Waals surface area (Å²) in [6, 6.07) is 11.1. The molecule has 9 rings (SSSR count). The van der Waals surface area contributed by atoms with Crippen molar-refractivity contribution < 1.29 is 36.7 Å². The van der Waals surface area contributed by atoms with E-state index in [9.17, 15) is 18.4 Å². The first kappa shape index (κ1) is 40.6. The van der Waals surface area contributed by atoms with E-state index in [0.717, 1.165) is 90.6 Å². The number of hydrogen-bond donors (Lipinski definition) is 2. The van der Waals surface area contributed by atoms with E-state index in [0.29, 0.717) is 59.4 Å². The summed E-state index contributed by atoms with van der Waals surface area (Å²) in [6.45, 7) is 8.38. The van der Waals surface area contributed by atoms with Crippen molar-refractivity contribution in [2.75, 3.05) is 89.8 Å². The number of anilines is 6. The molecule has 7 heterocycles. The number of rotatable bonds is 10. The number of halogens is 2. The van der Waals surface area contributed by atoms with Crippen LogP contribution in [0.3, 0.4) is 0 Å². The van der Waals surface area contributed by atoms with Gasteiger partial charge in [0, 0.05) is 57.8 Å². The molecular formula is C43H54F2N8O6. The molecular weight excluding hydrogens is 763 g/mol. The van der Waals surface area contributed by atoms with Gasteiger partial charge >= 0.3 is 0 Å². The Morgan fingerprint density at radius 3 is 1.78 bits per heavy atom. The molecule has 2 unspecified atom stereocenters. The zero-order valence-electron chi connectivity index (χ0n) is 33.9. The van der Waals surface area contributed by atoms with E-state index in [1.807, 2.05) is 4.90 Å². The number of nitrogens with zero attached hydrogens (tertiary/aromatic N) is 6. The van der Waals surface area contributed by atoms with Crippen molar-refractivity contribution in [1.82, 2.24) is 9.97 Å². The molecule has 5 aliphatic heterocycles. The molecule has 0 radical (unpaired) electrons. The van der Waals surface area contributed by atoms with Crippen LogP contribution >= 0.6 is 0 Å². The van der Waals surface area contributed by atoms with Crippen LogP contribution in [0.25, 0.3) is 0 Å². The fourth-order valence-electron chi connectivity index (χ4n) is 8.77. The molecule has 2 aromatic carbocycles. The molecule has 5 fully saturated rings. The van der Waals surface area contributed by atoms with Crippen molar-refractivity contribution >= 4 is 46.6 Å². The fraction of sp³-hybridized carbons (Fsp3) is 0.535. The molecule has 2 aromatic heterocycles. The maximum atomic E-state index is 14.7. The van der Waals surface area contributed by atoms with E-state index in [4.69, 9.17) is 18.3 Å². The minimum absolute atomic E-state index is 0.106. The fourth-order valence-corrected chi connectivity index (χ4v) is 8.77. The molecule has 59 heavy (non-hydrogen) atoms. The number of aromatic nitrogens is 2. The number of piperidine rings is 2. The number of ether oxygens (including phenoxy) is 2. The van der Waals surface area contributed by atoms with E-state index in [2.05, 4.69) is 35.3 Å². The summed E-state index contributed by atoms with van der Waals surface area (Å²) in [4.78, 5) is 42.8. The summed E-state index contributed by atoms with van der Waals surface area (Å²) in [6.07, 6.45) is 10.9. The minimum atomic E-state index is -0.458. The first-order valence-electron chi connectivity index (χ1n) is 21.0. The van der Waals surface area contributed by atoms with Crippen molar-refractivity contribution in [3.05, 3.63) is 70.9 Å². The van der Waals surface area contributed by atoms with Gasteiger partial charge in [-0.05, 0) is 108 Å². The number of aryl methyl sites for hydroxylation is 1. The van der Waals surface area contributed by atoms with Crippen LogP contribution in [0.4, 0.5) is 43.6 Å². The summed E-state index contributed by atoms with van der Waals surface area (Å²) in [7, 11) is 1.54. The summed E-state index contributed by atoms with van der Waals surface area (Å²) < 4.78 is 51.7. The zero-order chi connectivity index (χ0) is 40.9. The maximum absolute atomic E-state index is 14.7. The predicted molar refractivity (Wildman–Crippen MR) is 221 cm³/mol. The van der Waals surface area contributed by atoms with Gasteiger partial charge in [0.1, 0.15) is 23.1 Å². The van der Waals surface area contributed by atoms with Crippen LogP contribution in [0, 0.1) is 18.6 Å². The van der Waals surface area contributed by atoms with Crippen molar-refractivity contribution in [1.29, 1.82) is 0 Å². The lowest BCUT2D eigenvalue weighted by atomic mass is 10.1. The van der Waals surface area contributed by atoms with Gasteiger partial charge in [-0.1, -0.05) is 0 Å². The lowest BCUT2D eigenvalue weighted by molar-refractivity contribution is 0.0876. The Morgan fingerprint density at radius 1 is 0.712 bits per heavy atom. The van der Waals surface area contributed by atoms with E-state index < -0.39 is 11.8 Å². The highest BCUT2D eigenvalue weighted by molar-refractivity contribution is 6.04. The van der Waals surface area contributed by atoms with Crippen LogP contribution in [-0.4, -0.2) is 93.5 Å². The summed E-state index contributed by atoms with van der Waals surface area (Å²) in [5.41, 5.74) is 2.65. The molecule has 2 amide bonds. The third kappa shape index (κ3) is 9.18. The molecule has 16 heteroatoms. The Balaban J connectivity index is 0.000000164. The smallest absolute Gasteiger partial charge is 0.298 e. The number of methoxy groups -OCH3 is 1. The largest absolute Gasteiger partial charge is 0.428 e. The quantitative estimate of drug-likeness (QED) is 0.163.